The molecule has 0 aliphatic rings. The molecule has 0 amide bonds. The van der Waals surface area contributed by atoms with Crippen molar-refractivity contribution in [3.8, 4) is 0 Å². The number of rotatable bonds is 5. The van der Waals surface area contributed by atoms with Crippen LogP contribution in [0.5, 0.6) is 0 Å². The van der Waals surface area contributed by atoms with Crippen LogP contribution in [0.25, 0.3) is 0 Å². The van der Waals surface area contributed by atoms with Crippen LogP contribution >= 0.6 is 0 Å². The molecule has 4 nitrogen and oxygen atoms in total. The molecule has 1 rings (SSSR count). The summed E-state index contributed by atoms with van der Waals surface area (Å²) in [6.45, 7) is 5.22. The van der Waals surface area contributed by atoms with E-state index >= 15 is 0 Å². The van der Waals surface area contributed by atoms with Crippen LogP contribution in [0.2, 0.25) is 0 Å². The summed E-state index contributed by atoms with van der Waals surface area (Å²) in [6, 6.07) is 2.01. The van der Waals surface area contributed by atoms with Gasteiger partial charge in [-0.2, -0.15) is 4.98 Å². The van der Waals surface area contributed by atoms with E-state index in [1.807, 2.05) is 20.0 Å². The summed E-state index contributed by atoms with van der Waals surface area (Å²) in [5, 5.41) is 2.97. The lowest BCUT2D eigenvalue weighted by Crippen LogP contribution is -2.20. The van der Waals surface area contributed by atoms with E-state index < -0.39 is 0 Å². The lowest BCUT2D eigenvalue weighted by molar-refractivity contribution is 0.758. The van der Waals surface area contributed by atoms with Crippen molar-refractivity contribution in [1.82, 2.24) is 9.97 Å². The topological polar surface area (TPSA) is 41.1 Å². The molecule has 1 N–H and O–H groups in total. The van der Waals surface area contributed by atoms with Gasteiger partial charge in [0.05, 0.1) is 0 Å². The Morgan fingerprint density at radius 3 is 2.73 bits per heavy atom. The van der Waals surface area contributed by atoms with Crippen molar-refractivity contribution >= 4 is 11.8 Å². The molecule has 1 heterocycles. The number of nitrogens with zero attached hydrogens (tertiary/aromatic N) is 3. The number of anilines is 2. The minimum Gasteiger partial charge on any atom is -0.360 e. The fourth-order valence-corrected chi connectivity index (χ4v) is 1.37. The second-order valence-electron chi connectivity index (χ2n) is 3.72. The molecule has 15 heavy (non-hydrogen) atoms. The van der Waals surface area contributed by atoms with Crippen molar-refractivity contribution in [3.05, 3.63) is 11.8 Å². The number of aryl methyl sites for hydroxylation is 1. The monoisotopic (exact) mass is 208 g/mol. The first-order valence-electron chi connectivity index (χ1n) is 5.42. The van der Waals surface area contributed by atoms with Gasteiger partial charge in [0.1, 0.15) is 5.82 Å². The molecule has 0 atom stereocenters. The Balaban J connectivity index is 2.78. The molecule has 0 aromatic carbocycles. The van der Waals surface area contributed by atoms with E-state index in [0.717, 1.165) is 18.1 Å². The van der Waals surface area contributed by atoms with Crippen LogP contribution in [0, 0.1) is 6.92 Å². The normalized spacial score (nSPS) is 10.1. The van der Waals surface area contributed by atoms with Crippen LogP contribution in [-0.2, 0) is 0 Å². The summed E-state index contributed by atoms with van der Waals surface area (Å²) < 4.78 is 0. The maximum absolute atomic E-state index is 4.41. The third kappa shape index (κ3) is 3.38. The van der Waals surface area contributed by atoms with Gasteiger partial charge in [-0.15, -0.1) is 0 Å². The van der Waals surface area contributed by atoms with Crippen LogP contribution in [-0.4, -0.2) is 30.6 Å². The average molecular weight is 208 g/mol. The van der Waals surface area contributed by atoms with Crippen molar-refractivity contribution in [2.45, 2.75) is 26.7 Å². The smallest absolute Gasteiger partial charge is 0.224 e. The van der Waals surface area contributed by atoms with Crippen LogP contribution in [0.4, 0.5) is 11.8 Å². The van der Waals surface area contributed by atoms with Crippen molar-refractivity contribution in [2.75, 3.05) is 30.9 Å². The van der Waals surface area contributed by atoms with E-state index in [-0.39, 0.29) is 0 Å². The van der Waals surface area contributed by atoms with Crippen LogP contribution < -0.4 is 10.2 Å². The Morgan fingerprint density at radius 1 is 1.40 bits per heavy atom. The zero-order valence-corrected chi connectivity index (χ0v) is 10.0. The maximum atomic E-state index is 4.41. The molecule has 0 spiro atoms. The predicted molar refractivity (Wildman–Crippen MR) is 64.5 cm³/mol. The second-order valence-corrected chi connectivity index (χ2v) is 3.72. The Bertz CT molecular complexity index is 311. The Morgan fingerprint density at radius 2 is 2.13 bits per heavy atom. The zero-order chi connectivity index (χ0) is 11.3. The highest BCUT2D eigenvalue weighted by Crippen LogP contribution is 2.13. The van der Waals surface area contributed by atoms with Gasteiger partial charge < -0.3 is 10.2 Å². The maximum Gasteiger partial charge on any atom is 0.224 e. The molecule has 0 saturated heterocycles. The van der Waals surface area contributed by atoms with Gasteiger partial charge in [0, 0.05) is 32.4 Å². The van der Waals surface area contributed by atoms with E-state index in [0.29, 0.717) is 5.95 Å². The van der Waals surface area contributed by atoms with Gasteiger partial charge in [-0.1, -0.05) is 13.3 Å². The van der Waals surface area contributed by atoms with Crippen LogP contribution in [0.1, 0.15) is 25.5 Å². The molecule has 84 valence electrons. The zero-order valence-electron chi connectivity index (χ0n) is 10.0. The Kier molecular flexibility index (Phi) is 4.34. The van der Waals surface area contributed by atoms with Crippen molar-refractivity contribution in [2.24, 2.45) is 0 Å². The van der Waals surface area contributed by atoms with Gasteiger partial charge in [-0.05, 0) is 13.3 Å². The summed E-state index contributed by atoms with van der Waals surface area (Å²) in [4.78, 5) is 10.8. The molecule has 1 aromatic heterocycles. The highest BCUT2D eigenvalue weighted by molar-refractivity contribution is 5.43. The molecular weight excluding hydrogens is 188 g/mol. The summed E-state index contributed by atoms with van der Waals surface area (Å²) in [6.07, 6.45) is 2.39. The largest absolute Gasteiger partial charge is 0.360 e. The quantitative estimate of drug-likeness (QED) is 0.804. The first-order chi connectivity index (χ1) is 7.17. The van der Waals surface area contributed by atoms with Crippen molar-refractivity contribution in [1.29, 1.82) is 0 Å². The fourth-order valence-electron chi connectivity index (χ4n) is 1.37. The summed E-state index contributed by atoms with van der Waals surface area (Å²) in [5.74, 6) is 1.67. The summed E-state index contributed by atoms with van der Waals surface area (Å²) in [5.41, 5.74) is 0.993. The molecule has 0 aliphatic carbocycles. The SMILES string of the molecule is CCCCN(C)c1cc(C)nc(NC)n1. The fraction of sp³-hybridized carbons (Fsp3) is 0.636. The van der Waals surface area contributed by atoms with Gasteiger partial charge in [0.15, 0.2) is 0 Å². The lowest BCUT2D eigenvalue weighted by atomic mass is 10.3. The standard InChI is InChI=1S/C11H20N4/c1-5-6-7-15(4)10-8-9(2)13-11(12-3)14-10/h8H,5-7H2,1-4H3,(H,12,13,14). The Hall–Kier alpha value is -1.32. The van der Waals surface area contributed by atoms with Crippen LogP contribution in [0.3, 0.4) is 0 Å². The highest BCUT2D eigenvalue weighted by Gasteiger charge is 2.04. The van der Waals surface area contributed by atoms with E-state index in [9.17, 15) is 0 Å². The summed E-state index contributed by atoms with van der Waals surface area (Å²) >= 11 is 0. The highest BCUT2D eigenvalue weighted by atomic mass is 15.2. The Labute approximate surface area is 91.7 Å². The molecule has 0 unspecified atom stereocenters. The third-order valence-corrected chi connectivity index (χ3v) is 2.30. The van der Waals surface area contributed by atoms with Gasteiger partial charge >= 0.3 is 0 Å². The number of hydrogen-bond acceptors (Lipinski definition) is 4. The number of nitrogens with one attached hydrogen (secondary N) is 1. The number of unbranched alkanes of at least 4 members (excludes halogenated alkanes) is 1. The van der Waals surface area contributed by atoms with E-state index in [1.54, 1.807) is 0 Å². The number of hydrogen-bond donors (Lipinski definition) is 1. The summed E-state index contributed by atoms with van der Waals surface area (Å²) in [7, 11) is 3.90. The molecular formula is C11H20N4. The lowest BCUT2D eigenvalue weighted by Gasteiger charge is -2.18. The van der Waals surface area contributed by atoms with Gasteiger partial charge in [-0.25, -0.2) is 4.98 Å². The molecule has 0 saturated carbocycles. The van der Waals surface area contributed by atoms with E-state index in [1.165, 1.54) is 12.8 Å². The average Bonchev–Trinajstić information content (AvgIpc) is 2.24. The van der Waals surface area contributed by atoms with Crippen molar-refractivity contribution < 1.29 is 0 Å². The van der Waals surface area contributed by atoms with Gasteiger partial charge in [0.25, 0.3) is 0 Å². The molecule has 0 radical (unpaired) electrons. The second kappa shape index (κ2) is 5.53. The predicted octanol–water partition coefficient (Wildman–Crippen LogP) is 2.06. The molecule has 0 fully saturated rings. The molecule has 1 aromatic rings. The first kappa shape index (κ1) is 11.8. The van der Waals surface area contributed by atoms with Crippen LogP contribution in [0.15, 0.2) is 6.07 Å². The third-order valence-electron chi connectivity index (χ3n) is 2.30. The van der Waals surface area contributed by atoms with Gasteiger partial charge in [-0.3, -0.25) is 0 Å². The number of aromatic nitrogens is 2. The molecule has 0 bridgehead atoms. The molecule has 0 aliphatic heterocycles. The van der Waals surface area contributed by atoms with E-state index in [4.69, 9.17) is 0 Å². The van der Waals surface area contributed by atoms with Crippen molar-refractivity contribution in [3.63, 3.8) is 0 Å². The first-order valence-corrected chi connectivity index (χ1v) is 5.42. The van der Waals surface area contributed by atoms with Gasteiger partial charge in [0.2, 0.25) is 5.95 Å². The molecule has 4 heteroatoms. The van der Waals surface area contributed by atoms with E-state index in [2.05, 4.69) is 34.2 Å². The minimum atomic E-state index is 0.688. The minimum absolute atomic E-state index is 0.688.